The lowest BCUT2D eigenvalue weighted by molar-refractivity contribution is -0.199. The Bertz CT molecular complexity index is 589. The maximum atomic E-state index is 13.8. The number of hydrogen-bond acceptors (Lipinski definition) is 4. The Hall–Kier alpha value is -1.64. The van der Waals surface area contributed by atoms with E-state index in [0.29, 0.717) is 31.8 Å². The summed E-state index contributed by atoms with van der Waals surface area (Å²) in [4.78, 5) is 2.04. The minimum atomic E-state index is -0.476. The van der Waals surface area contributed by atoms with Gasteiger partial charge in [0.15, 0.2) is 0 Å². The first-order chi connectivity index (χ1) is 10.6. The first-order valence-corrected chi connectivity index (χ1v) is 7.85. The first kappa shape index (κ1) is 15.3. The first-order valence-electron chi connectivity index (χ1n) is 7.85. The molecular weight excluding hydrogens is 283 g/mol. The third-order valence-electron chi connectivity index (χ3n) is 5.25. The Morgan fingerprint density at radius 1 is 1.45 bits per heavy atom. The van der Waals surface area contributed by atoms with E-state index < -0.39 is 5.82 Å². The summed E-state index contributed by atoms with van der Waals surface area (Å²) in [5.74, 6) is -0.476. The zero-order valence-electron chi connectivity index (χ0n) is 12.8. The molecule has 0 amide bonds. The van der Waals surface area contributed by atoms with Crippen molar-refractivity contribution in [2.45, 2.75) is 38.4 Å². The number of hydrogen-bond donors (Lipinski definition) is 1. The molecule has 1 aromatic carbocycles. The van der Waals surface area contributed by atoms with E-state index in [0.717, 1.165) is 12.8 Å². The molecule has 1 aliphatic heterocycles. The molecule has 2 aliphatic rings. The molecule has 22 heavy (non-hydrogen) atoms. The lowest BCUT2D eigenvalue weighted by atomic mass is 9.58. The van der Waals surface area contributed by atoms with Crippen molar-refractivity contribution in [3.63, 3.8) is 0 Å². The van der Waals surface area contributed by atoms with Gasteiger partial charge in [-0.15, -0.1) is 0 Å². The third-order valence-corrected chi connectivity index (χ3v) is 5.25. The third kappa shape index (κ3) is 2.27. The van der Waals surface area contributed by atoms with Crippen LogP contribution in [0.2, 0.25) is 0 Å². The number of ether oxygens (including phenoxy) is 1. The van der Waals surface area contributed by atoms with E-state index >= 15 is 0 Å². The Morgan fingerprint density at radius 2 is 2.18 bits per heavy atom. The summed E-state index contributed by atoms with van der Waals surface area (Å²) in [7, 11) is 0. The lowest BCUT2D eigenvalue weighted by Gasteiger charge is -2.57. The molecule has 0 aromatic heterocycles. The molecule has 1 aromatic rings. The number of anilines is 1. The van der Waals surface area contributed by atoms with Crippen LogP contribution in [0, 0.1) is 22.6 Å². The molecule has 1 saturated carbocycles. The minimum absolute atomic E-state index is 0.106. The number of nitrogens with zero attached hydrogens (tertiary/aromatic N) is 2. The van der Waals surface area contributed by atoms with E-state index in [1.807, 2.05) is 17.9 Å². The molecule has 4 nitrogen and oxygen atoms in total. The Balaban J connectivity index is 1.75. The van der Waals surface area contributed by atoms with Gasteiger partial charge in [0.05, 0.1) is 17.9 Å². The number of aliphatic hydroxyl groups is 1. The van der Waals surface area contributed by atoms with Crippen molar-refractivity contribution < 1.29 is 14.2 Å². The summed E-state index contributed by atoms with van der Waals surface area (Å²) in [6.45, 7) is 4.04. The predicted octanol–water partition coefficient (Wildman–Crippen LogP) is 2.45. The van der Waals surface area contributed by atoms with Crippen molar-refractivity contribution in [2.75, 3.05) is 24.6 Å². The number of benzene rings is 1. The minimum Gasteiger partial charge on any atom is -0.392 e. The van der Waals surface area contributed by atoms with Crippen molar-refractivity contribution >= 4 is 5.69 Å². The largest absolute Gasteiger partial charge is 0.392 e. The number of piperidine rings is 1. The fourth-order valence-electron chi connectivity index (χ4n) is 3.87. The van der Waals surface area contributed by atoms with Crippen LogP contribution in [-0.2, 0) is 4.74 Å². The summed E-state index contributed by atoms with van der Waals surface area (Å²) in [6, 6.07) is 6.70. The van der Waals surface area contributed by atoms with Crippen molar-refractivity contribution in [3.8, 4) is 6.07 Å². The molecule has 1 saturated heterocycles. The topological polar surface area (TPSA) is 56.5 Å². The van der Waals surface area contributed by atoms with Gasteiger partial charge in [-0.25, -0.2) is 4.39 Å². The van der Waals surface area contributed by atoms with Gasteiger partial charge >= 0.3 is 0 Å². The second-order valence-corrected chi connectivity index (χ2v) is 6.16. The SMILES string of the molecule is CCO[C@@H]1C[C@@H](O)C12CCN(c1cccc(F)c1C#N)CC2. The molecule has 0 radical (unpaired) electrons. The summed E-state index contributed by atoms with van der Waals surface area (Å²) < 4.78 is 19.5. The normalized spacial score (nSPS) is 26.5. The lowest BCUT2D eigenvalue weighted by Crippen LogP contribution is -2.62. The summed E-state index contributed by atoms with van der Waals surface area (Å²) in [5, 5.41) is 19.4. The Labute approximate surface area is 130 Å². The fraction of sp³-hybridized carbons (Fsp3) is 0.588. The van der Waals surface area contributed by atoms with Crippen molar-refractivity contribution in [2.24, 2.45) is 5.41 Å². The van der Waals surface area contributed by atoms with Crippen LogP contribution >= 0.6 is 0 Å². The molecule has 1 spiro atoms. The van der Waals surface area contributed by atoms with Gasteiger partial charge in [0, 0.05) is 31.5 Å². The molecule has 1 aliphatic carbocycles. The smallest absolute Gasteiger partial charge is 0.143 e. The standard InChI is InChI=1S/C17H21FN2O2/c1-2-22-16-10-15(21)17(16)6-8-20(9-7-17)14-5-3-4-13(18)12(14)11-19/h3-5,15-16,21H,2,6-10H2,1H3/t15-,16-/m1/s1. The number of nitriles is 1. The van der Waals surface area contributed by atoms with Crippen molar-refractivity contribution in [3.05, 3.63) is 29.6 Å². The maximum Gasteiger partial charge on any atom is 0.143 e. The quantitative estimate of drug-likeness (QED) is 0.932. The molecule has 5 heteroatoms. The second-order valence-electron chi connectivity index (χ2n) is 6.16. The van der Waals surface area contributed by atoms with Gasteiger partial charge in [-0.1, -0.05) is 6.07 Å². The van der Waals surface area contributed by atoms with Gasteiger partial charge in [-0.3, -0.25) is 0 Å². The average molecular weight is 304 g/mol. The number of rotatable bonds is 3. The molecule has 0 bridgehead atoms. The molecule has 1 heterocycles. The predicted molar refractivity (Wildman–Crippen MR) is 81.0 cm³/mol. The second kappa shape index (κ2) is 5.86. The highest BCUT2D eigenvalue weighted by molar-refractivity contribution is 5.60. The average Bonchev–Trinajstić information content (AvgIpc) is 2.54. The molecular formula is C17H21FN2O2. The van der Waals surface area contributed by atoms with Gasteiger partial charge in [-0.2, -0.15) is 5.26 Å². The summed E-state index contributed by atoms with van der Waals surface area (Å²) >= 11 is 0. The fourth-order valence-corrected chi connectivity index (χ4v) is 3.87. The summed E-state index contributed by atoms with van der Waals surface area (Å²) in [5.41, 5.74) is 0.597. The Kier molecular flexibility index (Phi) is 4.07. The maximum absolute atomic E-state index is 13.8. The van der Waals surface area contributed by atoms with Crippen LogP contribution in [0.15, 0.2) is 18.2 Å². The van der Waals surface area contributed by atoms with Crippen LogP contribution in [-0.4, -0.2) is 37.0 Å². The van der Waals surface area contributed by atoms with Gasteiger partial charge in [0.2, 0.25) is 0 Å². The highest BCUT2D eigenvalue weighted by Crippen LogP contribution is 2.51. The van der Waals surface area contributed by atoms with Gasteiger partial charge in [-0.05, 0) is 31.9 Å². The van der Waals surface area contributed by atoms with E-state index in [4.69, 9.17) is 10.00 Å². The molecule has 2 fully saturated rings. The van der Waals surface area contributed by atoms with Gasteiger partial charge in [0.1, 0.15) is 17.4 Å². The van der Waals surface area contributed by atoms with Crippen LogP contribution in [0.3, 0.4) is 0 Å². The molecule has 2 atom stereocenters. The zero-order chi connectivity index (χ0) is 15.7. The highest BCUT2D eigenvalue weighted by atomic mass is 19.1. The number of halogens is 1. The van der Waals surface area contributed by atoms with E-state index in [2.05, 4.69) is 0 Å². The monoisotopic (exact) mass is 304 g/mol. The molecule has 118 valence electrons. The Morgan fingerprint density at radius 3 is 2.77 bits per heavy atom. The van der Waals surface area contributed by atoms with E-state index in [1.54, 1.807) is 12.1 Å². The van der Waals surface area contributed by atoms with Gasteiger partial charge in [0.25, 0.3) is 0 Å². The van der Waals surface area contributed by atoms with E-state index in [-0.39, 0.29) is 23.2 Å². The zero-order valence-corrected chi connectivity index (χ0v) is 12.8. The highest BCUT2D eigenvalue weighted by Gasteiger charge is 2.56. The van der Waals surface area contributed by atoms with E-state index in [1.165, 1.54) is 6.07 Å². The van der Waals surface area contributed by atoms with Crippen LogP contribution in [0.5, 0.6) is 0 Å². The van der Waals surface area contributed by atoms with Crippen LogP contribution in [0.4, 0.5) is 10.1 Å². The molecule has 0 unspecified atom stereocenters. The van der Waals surface area contributed by atoms with Crippen LogP contribution in [0.1, 0.15) is 31.7 Å². The van der Waals surface area contributed by atoms with Crippen molar-refractivity contribution in [1.29, 1.82) is 5.26 Å². The summed E-state index contributed by atoms with van der Waals surface area (Å²) in [6.07, 6.45) is 2.13. The van der Waals surface area contributed by atoms with Crippen LogP contribution in [0.25, 0.3) is 0 Å². The van der Waals surface area contributed by atoms with Crippen molar-refractivity contribution in [1.82, 2.24) is 0 Å². The van der Waals surface area contributed by atoms with Crippen LogP contribution < -0.4 is 4.90 Å². The van der Waals surface area contributed by atoms with Gasteiger partial charge < -0.3 is 14.7 Å². The number of aliphatic hydroxyl groups excluding tert-OH is 1. The molecule has 1 N–H and O–H groups in total. The molecule has 3 rings (SSSR count). The van der Waals surface area contributed by atoms with E-state index in [9.17, 15) is 9.50 Å².